The van der Waals surface area contributed by atoms with Crippen molar-refractivity contribution in [2.45, 2.75) is 5.75 Å². The van der Waals surface area contributed by atoms with Gasteiger partial charge in [-0.05, 0) is 50.5 Å². The molecule has 0 radical (unpaired) electrons. The quantitative estimate of drug-likeness (QED) is 0.602. The van der Waals surface area contributed by atoms with E-state index >= 15 is 0 Å². The van der Waals surface area contributed by atoms with E-state index in [0.717, 1.165) is 21.4 Å². The molecule has 1 N–H and O–H groups in total. The number of thioether (sulfide) groups is 1. The average molecular weight is 396 g/mol. The number of hydrogen-bond donors (Lipinski definition) is 1. The van der Waals surface area contributed by atoms with Gasteiger partial charge in [0.15, 0.2) is 5.76 Å². The molecule has 3 nitrogen and oxygen atoms in total. The first-order valence-electron chi connectivity index (χ1n) is 6.79. The van der Waals surface area contributed by atoms with E-state index < -0.39 is 0 Å². The number of furan rings is 1. The zero-order valence-electron chi connectivity index (χ0n) is 11.7. The third-order valence-electron chi connectivity index (χ3n) is 3.10. The van der Waals surface area contributed by atoms with Crippen molar-refractivity contribution in [2.75, 3.05) is 12.3 Å². The highest BCUT2D eigenvalue weighted by Crippen LogP contribution is 2.26. The molecule has 0 aliphatic rings. The van der Waals surface area contributed by atoms with Gasteiger partial charge in [0.25, 0.3) is 5.91 Å². The van der Waals surface area contributed by atoms with Crippen molar-refractivity contribution >= 4 is 55.9 Å². The molecule has 0 aliphatic heterocycles. The van der Waals surface area contributed by atoms with Crippen molar-refractivity contribution in [1.82, 2.24) is 5.32 Å². The van der Waals surface area contributed by atoms with Gasteiger partial charge in [-0.3, -0.25) is 4.79 Å². The molecule has 0 fully saturated rings. The minimum atomic E-state index is -0.167. The molecule has 2 aromatic heterocycles. The van der Waals surface area contributed by atoms with E-state index in [4.69, 9.17) is 4.42 Å². The zero-order chi connectivity index (χ0) is 15.4. The maximum Gasteiger partial charge on any atom is 0.287 e. The summed E-state index contributed by atoms with van der Waals surface area (Å²) in [7, 11) is 0. The Kier molecular flexibility index (Phi) is 5.23. The number of thiophene rings is 1. The number of benzene rings is 1. The molecule has 0 atom stereocenters. The lowest BCUT2D eigenvalue weighted by Crippen LogP contribution is -2.25. The van der Waals surface area contributed by atoms with Crippen LogP contribution in [-0.2, 0) is 5.75 Å². The van der Waals surface area contributed by atoms with Gasteiger partial charge in [-0.2, -0.15) is 23.1 Å². The van der Waals surface area contributed by atoms with Crippen LogP contribution in [-0.4, -0.2) is 18.2 Å². The Balaban J connectivity index is 1.49. The number of amides is 1. The summed E-state index contributed by atoms with van der Waals surface area (Å²) in [6.45, 7) is 0.631. The Labute approximate surface area is 145 Å². The van der Waals surface area contributed by atoms with Crippen LogP contribution in [0.1, 0.15) is 16.1 Å². The summed E-state index contributed by atoms with van der Waals surface area (Å²) in [4.78, 5) is 12.1. The maximum absolute atomic E-state index is 12.1. The molecule has 2 heterocycles. The molecule has 0 aliphatic carbocycles. The monoisotopic (exact) mass is 395 g/mol. The number of hydrogen-bond acceptors (Lipinski definition) is 4. The summed E-state index contributed by atoms with van der Waals surface area (Å²) in [6, 6.07) is 9.65. The number of rotatable bonds is 6. The molecule has 6 heteroatoms. The van der Waals surface area contributed by atoms with Crippen molar-refractivity contribution in [3.63, 3.8) is 0 Å². The minimum Gasteiger partial charge on any atom is -0.450 e. The number of nitrogens with one attached hydrogen (secondary N) is 1. The average Bonchev–Trinajstić information content (AvgIpc) is 3.16. The van der Waals surface area contributed by atoms with Crippen LogP contribution < -0.4 is 5.32 Å². The van der Waals surface area contributed by atoms with Crippen LogP contribution in [0.15, 0.2) is 50.0 Å². The zero-order valence-corrected chi connectivity index (χ0v) is 14.9. The lowest BCUT2D eigenvalue weighted by atomic mass is 10.2. The van der Waals surface area contributed by atoms with Gasteiger partial charge < -0.3 is 9.73 Å². The van der Waals surface area contributed by atoms with Gasteiger partial charge in [0.1, 0.15) is 5.58 Å². The molecule has 0 spiro atoms. The molecule has 0 saturated carbocycles. The lowest BCUT2D eigenvalue weighted by molar-refractivity contribution is 0.0930. The molecule has 114 valence electrons. The van der Waals surface area contributed by atoms with E-state index in [-0.39, 0.29) is 5.91 Å². The van der Waals surface area contributed by atoms with Gasteiger partial charge >= 0.3 is 0 Å². The predicted octanol–water partition coefficient (Wildman–Crippen LogP) is 4.92. The van der Waals surface area contributed by atoms with E-state index in [9.17, 15) is 4.79 Å². The SMILES string of the molecule is O=C(NCCSCc1ccsc1)c1cc2cccc(Br)c2o1. The van der Waals surface area contributed by atoms with E-state index in [0.29, 0.717) is 17.9 Å². The third kappa shape index (κ3) is 3.74. The number of para-hydroxylation sites is 1. The second-order valence-corrected chi connectivity index (χ2v) is 7.45. The van der Waals surface area contributed by atoms with E-state index in [1.165, 1.54) is 5.56 Å². The van der Waals surface area contributed by atoms with Crippen LogP contribution in [0.5, 0.6) is 0 Å². The van der Waals surface area contributed by atoms with Gasteiger partial charge in [0.05, 0.1) is 4.47 Å². The fourth-order valence-corrected chi connectivity index (χ4v) is 4.07. The van der Waals surface area contributed by atoms with E-state index in [1.807, 2.05) is 30.0 Å². The van der Waals surface area contributed by atoms with Gasteiger partial charge in [-0.15, -0.1) is 0 Å². The molecule has 3 rings (SSSR count). The highest BCUT2D eigenvalue weighted by Gasteiger charge is 2.13. The second-order valence-electron chi connectivity index (χ2n) is 4.71. The first-order chi connectivity index (χ1) is 10.7. The normalized spacial score (nSPS) is 11.0. The molecule has 1 amide bonds. The first kappa shape index (κ1) is 15.6. The molecule has 1 aromatic carbocycles. The molecule has 0 saturated heterocycles. The van der Waals surface area contributed by atoms with Crippen molar-refractivity contribution < 1.29 is 9.21 Å². The minimum absolute atomic E-state index is 0.167. The van der Waals surface area contributed by atoms with Gasteiger partial charge in [0.2, 0.25) is 0 Å². The molecule has 0 bridgehead atoms. The van der Waals surface area contributed by atoms with Crippen molar-refractivity contribution in [3.8, 4) is 0 Å². The first-order valence-corrected chi connectivity index (χ1v) is 9.68. The van der Waals surface area contributed by atoms with Crippen molar-refractivity contribution in [2.24, 2.45) is 0 Å². The van der Waals surface area contributed by atoms with Crippen LogP contribution in [0.25, 0.3) is 11.0 Å². The Bertz CT molecular complexity index is 768. The predicted molar refractivity (Wildman–Crippen MR) is 96.7 cm³/mol. The highest BCUT2D eigenvalue weighted by atomic mass is 79.9. The van der Waals surface area contributed by atoms with Gasteiger partial charge in [-0.1, -0.05) is 12.1 Å². The van der Waals surface area contributed by atoms with Crippen LogP contribution >= 0.6 is 39.0 Å². The van der Waals surface area contributed by atoms with Crippen LogP contribution in [0, 0.1) is 0 Å². The van der Waals surface area contributed by atoms with E-state index in [2.05, 4.69) is 38.1 Å². The summed E-state index contributed by atoms with van der Waals surface area (Å²) in [6.07, 6.45) is 0. The summed E-state index contributed by atoms with van der Waals surface area (Å²) in [5.41, 5.74) is 2.04. The summed E-state index contributed by atoms with van der Waals surface area (Å²) in [5.74, 6) is 2.05. The number of fused-ring (bicyclic) bond motifs is 1. The number of halogens is 1. The molecule has 22 heavy (non-hydrogen) atoms. The third-order valence-corrected chi connectivity index (χ3v) is 5.49. The van der Waals surface area contributed by atoms with Crippen LogP contribution in [0.4, 0.5) is 0 Å². The number of carbonyl (C=O) groups is 1. The topological polar surface area (TPSA) is 42.2 Å². The van der Waals surface area contributed by atoms with E-state index in [1.54, 1.807) is 17.4 Å². The van der Waals surface area contributed by atoms with Crippen LogP contribution in [0.3, 0.4) is 0 Å². The Morgan fingerprint density at radius 3 is 3.05 bits per heavy atom. The van der Waals surface area contributed by atoms with Crippen molar-refractivity contribution in [1.29, 1.82) is 0 Å². The molecular weight excluding hydrogens is 382 g/mol. The Hall–Kier alpha value is -1.24. The van der Waals surface area contributed by atoms with Gasteiger partial charge in [-0.25, -0.2) is 0 Å². The lowest BCUT2D eigenvalue weighted by Gasteiger charge is -2.02. The molecule has 3 aromatic rings. The molecule has 0 unspecified atom stereocenters. The Morgan fingerprint density at radius 1 is 1.36 bits per heavy atom. The highest BCUT2D eigenvalue weighted by molar-refractivity contribution is 9.10. The second kappa shape index (κ2) is 7.35. The number of carbonyl (C=O) groups excluding carboxylic acids is 1. The fraction of sp³-hybridized carbons (Fsp3) is 0.188. The summed E-state index contributed by atoms with van der Waals surface area (Å²) in [5, 5.41) is 8.05. The smallest absolute Gasteiger partial charge is 0.287 e. The molecular formula is C16H14BrNO2S2. The largest absolute Gasteiger partial charge is 0.450 e. The van der Waals surface area contributed by atoms with Crippen LogP contribution in [0.2, 0.25) is 0 Å². The fourth-order valence-electron chi connectivity index (χ4n) is 2.03. The standard InChI is InChI=1S/C16H14BrNO2S2/c17-13-3-1-2-12-8-14(20-15(12)13)16(19)18-5-7-22-10-11-4-6-21-9-11/h1-4,6,8-9H,5,7,10H2,(H,18,19). The summed E-state index contributed by atoms with van der Waals surface area (Å²) < 4.78 is 6.47. The summed E-state index contributed by atoms with van der Waals surface area (Å²) >= 11 is 6.94. The Morgan fingerprint density at radius 2 is 2.27 bits per heavy atom. The van der Waals surface area contributed by atoms with Crippen molar-refractivity contribution in [3.05, 3.63) is 56.9 Å². The maximum atomic E-state index is 12.1. The van der Waals surface area contributed by atoms with Gasteiger partial charge in [0, 0.05) is 23.4 Å².